The summed E-state index contributed by atoms with van der Waals surface area (Å²) in [5.74, 6) is -0.561. The van der Waals surface area contributed by atoms with Gasteiger partial charge in [-0.05, 0) is 26.2 Å². The highest BCUT2D eigenvalue weighted by molar-refractivity contribution is 5.81. The molecule has 0 aliphatic heterocycles. The topological polar surface area (TPSA) is 52.6 Å². The van der Waals surface area contributed by atoms with Gasteiger partial charge in [0.25, 0.3) is 0 Å². The zero-order chi connectivity index (χ0) is 11.5. The van der Waals surface area contributed by atoms with E-state index in [9.17, 15) is 9.59 Å². The van der Waals surface area contributed by atoms with Crippen LogP contribution in [0, 0.1) is 0 Å². The van der Waals surface area contributed by atoms with E-state index in [2.05, 4.69) is 0 Å². The van der Waals surface area contributed by atoms with Crippen LogP contribution >= 0.6 is 0 Å². The van der Waals surface area contributed by atoms with Crippen LogP contribution in [0.15, 0.2) is 12.2 Å². The van der Waals surface area contributed by atoms with Crippen molar-refractivity contribution in [2.24, 2.45) is 0 Å². The summed E-state index contributed by atoms with van der Waals surface area (Å²) in [6, 6.07) is 0. The van der Waals surface area contributed by atoms with Gasteiger partial charge in [0.15, 0.2) is 0 Å². The highest BCUT2D eigenvalue weighted by Crippen LogP contribution is 1.97. The number of ether oxygens (including phenoxy) is 2. The lowest BCUT2D eigenvalue weighted by molar-refractivity contribution is -0.141. The van der Waals surface area contributed by atoms with Gasteiger partial charge in [-0.2, -0.15) is 0 Å². The summed E-state index contributed by atoms with van der Waals surface area (Å²) in [5, 5.41) is 0. The van der Waals surface area contributed by atoms with Crippen molar-refractivity contribution in [3.05, 3.63) is 12.2 Å². The van der Waals surface area contributed by atoms with E-state index in [0.717, 1.165) is 19.3 Å². The maximum absolute atomic E-state index is 10.8. The second kappa shape index (κ2) is 9.24. The third-order valence-electron chi connectivity index (χ3n) is 1.61. The molecule has 4 heteroatoms. The molecule has 15 heavy (non-hydrogen) atoms. The Labute approximate surface area is 90.2 Å². The normalized spacial score (nSPS) is 10.3. The first-order valence-electron chi connectivity index (χ1n) is 5.13. The van der Waals surface area contributed by atoms with Crippen molar-refractivity contribution < 1.29 is 19.1 Å². The summed E-state index contributed by atoms with van der Waals surface area (Å²) >= 11 is 0. The molecule has 0 unspecified atom stereocenters. The maximum atomic E-state index is 10.8. The van der Waals surface area contributed by atoms with Gasteiger partial charge in [0.1, 0.15) is 0 Å². The Hall–Kier alpha value is -1.32. The van der Waals surface area contributed by atoms with Crippen LogP contribution in [0.2, 0.25) is 0 Å². The predicted molar refractivity (Wildman–Crippen MR) is 56.3 cm³/mol. The van der Waals surface area contributed by atoms with Gasteiger partial charge in [0.2, 0.25) is 0 Å². The van der Waals surface area contributed by atoms with Gasteiger partial charge < -0.3 is 9.47 Å². The van der Waals surface area contributed by atoms with Crippen molar-refractivity contribution in [3.8, 4) is 0 Å². The minimum absolute atomic E-state index is 0.253. The van der Waals surface area contributed by atoms with E-state index in [1.54, 1.807) is 13.0 Å². The third-order valence-corrected chi connectivity index (χ3v) is 1.61. The van der Waals surface area contributed by atoms with E-state index >= 15 is 0 Å². The number of carbonyl (C=O) groups excluding carboxylic acids is 2. The monoisotopic (exact) mass is 214 g/mol. The minimum Gasteiger partial charge on any atom is -0.466 e. The quantitative estimate of drug-likeness (QED) is 0.368. The molecule has 0 radical (unpaired) electrons. The molecule has 0 fully saturated rings. The van der Waals surface area contributed by atoms with E-state index in [0.29, 0.717) is 13.2 Å². The largest absolute Gasteiger partial charge is 0.466 e. The Kier molecular flexibility index (Phi) is 8.43. The fraction of sp³-hybridized carbons (Fsp3) is 0.636. The van der Waals surface area contributed by atoms with Gasteiger partial charge in [-0.1, -0.05) is 6.08 Å². The minimum atomic E-state index is -0.308. The molecule has 0 saturated heterocycles. The number of hydrogen-bond acceptors (Lipinski definition) is 4. The van der Waals surface area contributed by atoms with Crippen LogP contribution in [0.25, 0.3) is 0 Å². The highest BCUT2D eigenvalue weighted by atomic mass is 16.5. The van der Waals surface area contributed by atoms with Gasteiger partial charge in [-0.25, -0.2) is 4.79 Å². The Morgan fingerprint density at radius 2 is 1.93 bits per heavy atom. The van der Waals surface area contributed by atoms with E-state index in [-0.39, 0.29) is 11.9 Å². The second-order valence-electron chi connectivity index (χ2n) is 2.99. The average Bonchev–Trinajstić information content (AvgIpc) is 2.16. The lowest BCUT2D eigenvalue weighted by Gasteiger charge is -1.99. The predicted octanol–water partition coefficient (Wildman–Crippen LogP) is 1.84. The molecule has 0 amide bonds. The molecule has 0 aliphatic carbocycles. The molecular formula is C11H18O4. The summed E-state index contributed by atoms with van der Waals surface area (Å²) in [4.78, 5) is 21.2. The summed E-state index contributed by atoms with van der Waals surface area (Å²) in [6.45, 7) is 4.00. The van der Waals surface area contributed by atoms with Crippen molar-refractivity contribution in [3.63, 3.8) is 0 Å². The SMILES string of the molecule is CCOC(=O)/C=C/CCCCOC(C)=O. The van der Waals surface area contributed by atoms with Crippen LogP contribution in [0.5, 0.6) is 0 Å². The smallest absolute Gasteiger partial charge is 0.330 e. The molecule has 86 valence electrons. The summed E-state index contributed by atoms with van der Waals surface area (Å²) < 4.78 is 9.46. The van der Waals surface area contributed by atoms with Gasteiger partial charge in [-0.15, -0.1) is 0 Å². The summed E-state index contributed by atoms with van der Waals surface area (Å²) in [5.41, 5.74) is 0. The van der Waals surface area contributed by atoms with Gasteiger partial charge in [0.05, 0.1) is 13.2 Å². The fourth-order valence-corrected chi connectivity index (χ4v) is 0.950. The van der Waals surface area contributed by atoms with E-state index in [4.69, 9.17) is 9.47 Å². The van der Waals surface area contributed by atoms with Gasteiger partial charge in [0, 0.05) is 13.0 Å². The number of carbonyl (C=O) groups is 2. The highest BCUT2D eigenvalue weighted by Gasteiger charge is 1.93. The molecule has 0 N–H and O–H groups in total. The zero-order valence-electron chi connectivity index (χ0n) is 9.32. The summed E-state index contributed by atoms with van der Waals surface area (Å²) in [7, 11) is 0. The van der Waals surface area contributed by atoms with Gasteiger partial charge >= 0.3 is 11.9 Å². The second-order valence-corrected chi connectivity index (χ2v) is 2.99. The molecule has 0 spiro atoms. The molecule has 0 atom stereocenters. The molecule has 0 rings (SSSR count). The van der Waals surface area contributed by atoms with Crippen molar-refractivity contribution in [2.75, 3.05) is 13.2 Å². The molecule has 0 aromatic heterocycles. The van der Waals surface area contributed by atoms with Crippen molar-refractivity contribution >= 4 is 11.9 Å². The Morgan fingerprint density at radius 3 is 2.53 bits per heavy atom. The van der Waals surface area contributed by atoms with Crippen LogP contribution in [0.4, 0.5) is 0 Å². The number of hydrogen-bond donors (Lipinski definition) is 0. The average molecular weight is 214 g/mol. The van der Waals surface area contributed by atoms with Crippen LogP contribution in [0.1, 0.15) is 33.1 Å². The number of allylic oxidation sites excluding steroid dienone is 1. The molecular weight excluding hydrogens is 196 g/mol. The third kappa shape index (κ3) is 10.6. The Bertz CT molecular complexity index is 221. The molecule has 4 nitrogen and oxygen atoms in total. The maximum Gasteiger partial charge on any atom is 0.330 e. The molecule has 0 bridgehead atoms. The van der Waals surface area contributed by atoms with E-state index in [1.807, 2.05) is 0 Å². The fourth-order valence-electron chi connectivity index (χ4n) is 0.950. The van der Waals surface area contributed by atoms with Crippen molar-refractivity contribution in [2.45, 2.75) is 33.1 Å². The van der Waals surface area contributed by atoms with Crippen LogP contribution < -0.4 is 0 Å². The van der Waals surface area contributed by atoms with Crippen molar-refractivity contribution in [1.29, 1.82) is 0 Å². The lowest BCUT2D eigenvalue weighted by atomic mass is 10.2. The van der Waals surface area contributed by atoms with Crippen LogP contribution in [0.3, 0.4) is 0 Å². The summed E-state index contributed by atoms with van der Waals surface area (Å²) in [6.07, 6.45) is 5.69. The first kappa shape index (κ1) is 13.7. The molecule has 0 heterocycles. The molecule has 0 aromatic rings. The number of unbranched alkanes of at least 4 members (excludes halogenated alkanes) is 2. The van der Waals surface area contributed by atoms with E-state index < -0.39 is 0 Å². The van der Waals surface area contributed by atoms with E-state index in [1.165, 1.54) is 13.0 Å². The first-order valence-corrected chi connectivity index (χ1v) is 5.13. The number of rotatable bonds is 7. The Morgan fingerprint density at radius 1 is 1.20 bits per heavy atom. The lowest BCUT2D eigenvalue weighted by Crippen LogP contribution is -2.00. The number of esters is 2. The van der Waals surface area contributed by atoms with Gasteiger partial charge in [-0.3, -0.25) is 4.79 Å². The Balaban J connectivity index is 3.30. The standard InChI is InChI=1S/C11H18O4/c1-3-14-11(13)8-6-4-5-7-9-15-10(2)12/h6,8H,3-5,7,9H2,1-2H3/b8-6+. The molecule has 0 saturated carbocycles. The molecule has 0 aliphatic rings. The zero-order valence-corrected chi connectivity index (χ0v) is 9.32. The van der Waals surface area contributed by atoms with Crippen molar-refractivity contribution in [1.82, 2.24) is 0 Å². The molecule has 0 aromatic carbocycles. The van der Waals surface area contributed by atoms with Crippen LogP contribution in [-0.2, 0) is 19.1 Å². The first-order chi connectivity index (χ1) is 7.16. The van der Waals surface area contributed by atoms with Crippen LogP contribution in [-0.4, -0.2) is 25.2 Å².